The Kier molecular flexibility index (Phi) is 2.97. The topological polar surface area (TPSA) is 75.7 Å². The van der Waals surface area contributed by atoms with Crippen molar-refractivity contribution in [2.75, 3.05) is 0 Å². The van der Waals surface area contributed by atoms with Crippen LogP contribution in [-0.4, -0.2) is 16.3 Å². The molecule has 0 aliphatic carbocycles. The lowest BCUT2D eigenvalue weighted by atomic mass is 10.1. The SMILES string of the molecule is O=[N+]([O-])c1cccc(C/C=N\O)c1. The second kappa shape index (κ2) is 4.20. The Balaban J connectivity index is 2.85. The molecule has 5 nitrogen and oxygen atoms in total. The molecule has 0 unspecified atom stereocenters. The molecule has 0 aliphatic rings. The molecular weight excluding hydrogens is 172 g/mol. The molecule has 1 aromatic carbocycles. The van der Waals surface area contributed by atoms with Crippen molar-refractivity contribution >= 4 is 11.9 Å². The molecule has 0 fully saturated rings. The van der Waals surface area contributed by atoms with Crippen molar-refractivity contribution in [1.82, 2.24) is 0 Å². The van der Waals surface area contributed by atoms with Crippen LogP contribution in [0.4, 0.5) is 5.69 Å². The minimum Gasteiger partial charge on any atom is -0.411 e. The maximum Gasteiger partial charge on any atom is 0.269 e. The highest BCUT2D eigenvalue weighted by molar-refractivity contribution is 5.61. The van der Waals surface area contributed by atoms with Gasteiger partial charge in [0.25, 0.3) is 5.69 Å². The van der Waals surface area contributed by atoms with E-state index in [-0.39, 0.29) is 5.69 Å². The number of hydrogen-bond acceptors (Lipinski definition) is 4. The van der Waals surface area contributed by atoms with Gasteiger partial charge in [0.1, 0.15) is 0 Å². The summed E-state index contributed by atoms with van der Waals surface area (Å²) in [5.74, 6) is 0. The minimum absolute atomic E-state index is 0.0452. The van der Waals surface area contributed by atoms with Crippen molar-refractivity contribution in [1.29, 1.82) is 0 Å². The predicted molar refractivity (Wildman–Crippen MR) is 47.1 cm³/mol. The van der Waals surface area contributed by atoms with Gasteiger partial charge in [-0.05, 0) is 5.56 Å². The highest BCUT2D eigenvalue weighted by atomic mass is 16.6. The molecule has 1 rings (SSSR count). The summed E-state index contributed by atoms with van der Waals surface area (Å²) in [7, 11) is 0. The van der Waals surface area contributed by atoms with Crippen LogP contribution >= 0.6 is 0 Å². The third kappa shape index (κ3) is 2.55. The highest BCUT2D eigenvalue weighted by Crippen LogP contribution is 2.12. The van der Waals surface area contributed by atoms with E-state index in [1.54, 1.807) is 12.1 Å². The molecule has 13 heavy (non-hydrogen) atoms. The summed E-state index contributed by atoms with van der Waals surface area (Å²) in [5, 5.41) is 21.3. The van der Waals surface area contributed by atoms with Gasteiger partial charge in [-0.1, -0.05) is 12.1 Å². The first kappa shape index (κ1) is 9.18. The van der Waals surface area contributed by atoms with Crippen molar-refractivity contribution in [3.63, 3.8) is 0 Å². The lowest BCUT2D eigenvalue weighted by Crippen LogP contribution is -1.91. The number of oxime groups is 1. The van der Waals surface area contributed by atoms with Gasteiger partial charge in [0, 0.05) is 24.8 Å². The summed E-state index contributed by atoms with van der Waals surface area (Å²) in [4.78, 5) is 9.89. The van der Waals surface area contributed by atoms with Crippen LogP contribution in [0.3, 0.4) is 0 Å². The van der Waals surface area contributed by atoms with Crippen LogP contribution in [0.25, 0.3) is 0 Å². The molecule has 0 heterocycles. The van der Waals surface area contributed by atoms with E-state index in [1.165, 1.54) is 18.3 Å². The Hall–Kier alpha value is -1.91. The molecule has 0 bridgehead atoms. The zero-order chi connectivity index (χ0) is 9.68. The smallest absolute Gasteiger partial charge is 0.269 e. The van der Waals surface area contributed by atoms with Crippen LogP contribution in [0.2, 0.25) is 0 Å². The first-order chi connectivity index (χ1) is 6.24. The minimum atomic E-state index is -0.459. The molecule has 1 aromatic rings. The molecule has 0 aromatic heterocycles. The number of rotatable bonds is 3. The molecule has 0 radical (unpaired) electrons. The summed E-state index contributed by atoms with van der Waals surface area (Å²) in [6, 6.07) is 6.19. The molecule has 0 amide bonds. The number of nitro groups is 1. The van der Waals surface area contributed by atoms with Crippen LogP contribution in [0.1, 0.15) is 5.56 Å². The fourth-order valence-corrected chi connectivity index (χ4v) is 0.943. The Morgan fingerprint density at radius 1 is 1.62 bits per heavy atom. The molecule has 0 aliphatic heterocycles. The molecular formula is C8H8N2O3. The van der Waals surface area contributed by atoms with Gasteiger partial charge < -0.3 is 5.21 Å². The zero-order valence-electron chi connectivity index (χ0n) is 6.75. The Labute approximate surface area is 74.5 Å². The summed E-state index contributed by atoms with van der Waals surface area (Å²) in [5.41, 5.74) is 0.788. The van der Waals surface area contributed by atoms with Crippen LogP contribution < -0.4 is 0 Å². The average molecular weight is 180 g/mol. The van der Waals surface area contributed by atoms with E-state index in [0.717, 1.165) is 5.56 Å². The van der Waals surface area contributed by atoms with Gasteiger partial charge in [-0.3, -0.25) is 10.1 Å². The second-order valence-electron chi connectivity index (χ2n) is 2.43. The molecule has 0 spiro atoms. The number of benzene rings is 1. The van der Waals surface area contributed by atoms with E-state index < -0.39 is 4.92 Å². The average Bonchev–Trinajstić information content (AvgIpc) is 2.15. The maximum atomic E-state index is 10.3. The van der Waals surface area contributed by atoms with Gasteiger partial charge in [-0.25, -0.2) is 0 Å². The van der Waals surface area contributed by atoms with Crippen molar-refractivity contribution < 1.29 is 10.1 Å². The quantitative estimate of drug-likeness (QED) is 0.332. The van der Waals surface area contributed by atoms with Crippen LogP contribution in [0.5, 0.6) is 0 Å². The van der Waals surface area contributed by atoms with Crippen LogP contribution in [-0.2, 0) is 6.42 Å². The standard InChI is InChI=1S/C8H8N2O3/c11-9-5-4-7-2-1-3-8(6-7)10(12)13/h1-3,5-6,11H,4H2/b9-5-. The molecule has 5 heteroatoms. The van der Waals surface area contributed by atoms with Gasteiger partial charge in [0.2, 0.25) is 0 Å². The summed E-state index contributed by atoms with van der Waals surface area (Å²) < 4.78 is 0. The molecule has 1 N–H and O–H groups in total. The van der Waals surface area contributed by atoms with Crippen LogP contribution in [0.15, 0.2) is 29.4 Å². The van der Waals surface area contributed by atoms with E-state index in [9.17, 15) is 10.1 Å². The van der Waals surface area contributed by atoms with Gasteiger partial charge in [-0.15, -0.1) is 5.16 Å². The third-order valence-electron chi connectivity index (χ3n) is 1.53. The zero-order valence-corrected chi connectivity index (χ0v) is 6.75. The molecule has 0 saturated carbocycles. The van der Waals surface area contributed by atoms with Gasteiger partial charge >= 0.3 is 0 Å². The van der Waals surface area contributed by atoms with Gasteiger partial charge in [-0.2, -0.15) is 0 Å². The summed E-state index contributed by atoms with van der Waals surface area (Å²) in [6.07, 6.45) is 1.66. The van der Waals surface area contributed by atoms with E-state index in [1.807, 2.05) is 0 Å². The fraction of sp³-hybridized carbons (Fsp3) is 0.125. The van der Waals surface area contributed by atoms with E-state index >= 15 is 0 Å². The van der Waals surface area contributed by atoms with E-state index in [4.69, 9.17) is 5.21 Å². The predicted octanol–water partition coefficient (Wildman–Crippen LogP) is 1.60. The summed E-state index contributed by atoms with van der Waals surface area (Å²) >= 11 is 0. The Bertz CT molecular complexity index is 336. The van der Waals surface area contributed by atoms with Gasteiger partial charge in [0.15, 0.2) is 0 Å². The first-order valence-electron chi connectivity index (χ1n) is 3.63. The van der Waals surface area contributed by atoms with Gasteiger partial charge in [0.05, 0.1) is 4.92 Å². The molecule has 0 saturated heterocycles. The van der Waals surface area contributed by atoms with E-state index in [2.05, 4.69) is 5.16 Å². The largest absolute Gasteiger partial charge is 0.411 e. The number of nitro benzene ring substituents is 1. The van der Waals surface area contributed by atoms with Crippen molar-refractivity contribution in [2.24, 2.45) is 5.16 Å². The third-order valence-corrected chi connectivity index (χ3v) is 1.53. The maximum absolute atomic E-state index is 10.3. The number of non-ortho nitro benzene ring substituents is 1. The molecule has 68 valence electrons. The van der Waals surface area contributed by atoms with Crippen molar-refractivity contribution in [2.45, 2.75) is 6.42 Å². The number of hydrogen-bond donors (Lipinski definition) is 1. The number of nitrogens with zero attached hydrogens (tertiary/aromatic N) is 2. The lowest BCUT2D eigenvalue weighted by Gasteiger charge is -1.94. The molecule has 0 atom stereocenters. The normalized spacial score (nSPS) is 10.5. The summed E-state index contributed by atoms with van der Waals surface area (Å²) in [6.45, 7) is 0. The second-order valence-corrected chi connectivity index (χ2v) is 2.43. The monoisotopic (exact) mass is 180 g/mol. The highest BCUT2D eigenvalue weighted by Gasteiger charge is 2.04. The first-order valence-corrected chi connectivity index (χ1v) is 3.63. The van der Waals surface area contributed by atoms with Crippen molar-refractivity contribution in [3.8, 4) is 0 Å². The van der Waals surface area contributed by atoms with Crippen LogP contribution in [0, 0.1) is 10.1 Å². The Morgan fingerprint density at radius 2 is 2.38 bits per heavy atom. The van der Waals surface area contributed by atoms with E-state index in [0.29, 0.717) is 6.42 Å². The Morgan fingerprint density at radius 3 is 3.00 bits per heavy atom. The fourth-order valence-electron chi connectivity index (χ4n) is 0.943. The van der Waals surface area contributed by atoms with Crippen molar-refractivity contribution in [3.05, 3.63) is 39.9 Å². The lowest BCUT2D eigenvalue weighted by molar-refractivity contribution is -0.384.